The minimum absolute atomic E-state index is 0.00794. The van der Waals surface area contributed by atoms with E-state index in [9.17, 15) is 0 Å². The molecular formula is C14H29N3O. The molecule has 2 rings (SSSR count). The van der Waals surface area contributed by atoms with Gasteiger partial charge in [-0.2, -0.15) is 0 Å². The fourth-order valence-corrected chi connectivity index (χ4v) is 3.19. The molecule has 1 saturated heterocycles. The Balaban J connectivity index is 1.68. The Labute approximate surface area is 111 Å². The van der Waals surface area contributed by atoms with Crippen molar-refractivity contribution in [2.75, 3.05) is 52.9 Å². The van der Waals surface area contributed by atoms with E-state index in [-0.39, 0.29) is 5.60 Å². The first-order valence-electron chi connectivity index (χ1n) is 7.38. The summed E-state index contributed by atoms with van der Waals surface area (Å²) in [5.74, 6) is 0.775. The van der Waals surface area contributed by atoms with Crippen LogP contribution in [0.4, 0.5) is 0 Å². The van der Waals surface area contributed by atoms with Crippen molar-refractivity contribution >= 4 is 0 Å². The van der Waals surface area contributed by atoms with Crippen LogP contribution in [0.2, 0.25) is 0 Å². The summed E-state index contributed by atoms with van der Waals surface area (Å²) in [6, 6.07) is 0. The second kappa shape index (κ2) is 6.33. The van der Waals surface area contributed by atoms with E-state index < -0.39 is 0 Å². The number of rotatable bonds is 5. The lowest BCUT2D eigenvalue weighted by Gasteiger charge is -2.34. The maximum absolute atomic E-state index is 6.16. The van der Waals surface area contributed by atoms with Crippen molar-refractivity contribution in [2.45, 2.75) is 31.8 Å². The van der Waals surface area contributed by atoms with Gasteiger partial charge >= 0.3 is 0 Å². The number of ether oxygens (including phenoxy) is 1. The molecule has 1 aliphatic heterocycles. The Bertz CT molecular complexity index is 253. The molecule has 0 aromatic carbocycles. The van der Waals surface area contributed by atoms with Crippen molar-refractivity contribution < 1.29 is 4.74 Å². The van der Waals surface area contributed by atoms with Gasteiger partial charge in [0.1, 0.15) is 0 Å². The summed E-state index contributed by atoms with van der Waals surface area (Å²) in [6.07, 6.45) is 3.56. The monoisotopic (exact) mass is 255 g/mol. The van der Waals surface area contributed by atoms with E-state index in [2.05, 4.69) is 23.8 Å². The molecule has 2 aliphatic rings. The van der Waals surface area contributed by atoms with E-state index in [0.717, 1.165) is 31.9 Å². The minimum Gasteiger partial charge on any atom is -0.372 e. The Morgan fingerprint density at radius 3 is 2.56 bits per heavy atom. The van der Waals surface area contributed by atoms with Crippen molar-refractivity contribution in [1.29, 1.82) is 0 Å². The molecule has 2 unspecified atom stereocenters. The van der Waals surface area contributed by atoms with E-state index in [1.165, 1.54) is 32.6 Å². The van der Waals surface area contributed by atoms with Gasteiger partial charge in [-0.1, -0.05) is 6.92 Å². The predicted molar refractivity (Wildman–Crippen MR) is 74.7 cm³/mol. The quantitative estimate of drug-likeness (QED) is 0.788. The molecule has 4 heteroatoms. The highest BCUT2D eigenvalue weighted by atomic mass is 16.5. The van der Waals surface area contributed by atoms with E-state index >= 15 is 0 Å². The van der Waals surface area contributed by atoms with Crippen molar-refractivity contribution in [3.63, 3.8) is 0 Å². The third-order valence-corrected chi connectivity index (χ3v) is 4.60. The van der Waals surface area contributed by atoms with Crippen molar-refractivity contribution in [2.24, 2.45) is 11.7 Å². The fourth-order valence-electron chi connectivity index (χ4n) is 3.19. The molecule has 0 spiro atoms. The van der Waals surface area contributed by atoms with Crippen LogP contribution in [-0.4, -0.2) is 68.3 Å². The number of nitrogens with two attached hydrogens (primary N) is 1. The van der Waals surface area contributed by atoms with Gasteiger partial charge in [0.15, 0.2) is 0 Å². The van der Waals surface area contributed by atoms with Crippen LogP contribution in [-0.2, 0) is 4.74 Å². The largest absolute Gasteiger partial charge is 0.372 e. The summed E-state index contributed by atoms with van der Waals surface area (Å²) in [5.41, 5.74) is 5.92. The van der Waals surface area contributed by atoms with Crippen LogP contribution in [0.5, 0.6) is 0 Å². The van der Waals surface area contributed by atoms with E-state index in [1.807, 2.05) is 0 Å². The number of hydrogen-bond acceptors (Lipinski definition) is 4. The third kappa shape index (κ3) is 3.67. The number of nitrogens with zero attached hydrogens (tertiary/aromatic N) is 2. The highest BCUT2D eigenvalue weighted by Crippen LogP contribution is 2.36. The molecule has 0 amide bonds. The predicted octanol–water partition coefficient (Wildman–Crippen LogP) is 0.768. The van der Waals surface area contributed by atoms with Crippen LogP contribution in [0.15, 0.2) is 0 Å². The van der Waals surface area contributed by atoms with Gasteiger partial charge in [-0.15, -0.1) is 0 Å². The third-order valence-electron chi connectivity index (χ3n) is 4.60. The molecule has 18 heavy (non-hydrogen) atoms. The van der Waals surface area contributed by atoms with Gasteiger partial charge in [0.25, 0.3) is 0 Å². The van der Waals surface area contributed by atoms with Crippen LogP contribution in [0, 0.1) is 5.92 Å². The lowest BCUT2D eigenvalue weighted by molar-refractivity contribution is -0.0459. The maximum Gasteiger partial charge on any atom is 0.0807 e. The standard InChI is InChI=1S/C14H29N3O/c1-13-3-4-14(11-13,12-15)18-10-9-17-7-5-16(2)6-8-17/h13H,3-12,15H2,1-2H3. The van der Waals surface area contributed by atoms with Crippen molar-refractivity contribution in [3.8, 4) is 0 Å². The molecule has 0 aromatic heterocycles. The van der Waals surface area contributed by atoms with Crippen molar-refractivity contribution in [3.05, 3.63) is 0 Å². The molecule has 2 atom stereocenters. The number of hydrogen-bond donors (Lipinski definition) is 1. The normalized spacial score (nSPS) is 35.2. The van der Waals surface area contributed by atoms with Crippen molar-refractivity contribution in [1.82, 2.24) is 9.80 Å². The van der Waals surface area contributed by atoms with Gasteiger partial charge in [0, 0.05) is 39.3 Å². The number of piperazine rings is 1. The zero-order valence-electron chi connectivity index (χ0n) is 12.0. The zero-order chi connectivity index (χ0) is 13.0. The van der Waals surface area contributed by atoms with Gasteiger partial charge in [0.2, 0.25) is 0 Å². The summed E-state index contributed by atoms with van der Waals surface area (Å²) in [4.78, 5) is 4.89. The molecular weight excluding hydrogens is 226 g/mol. The highest BCUT2D eigenvalue weighted by molar-refractivity contribution is 4.90. The minimum atomic E-state index is -0.00794. The van der Waals surface area contributed by atoms with Gasteiger partial charge < -0.3 is 15.4 Å². The van der Waals surface area contributed by atoms with Gasteiger partial charge in [-0.3, -0.25) is 4.90 Å². The Morgan fingerprint density at radius 1 is 1.28 bits per heavy atom. The maximum atomic E-state index is 6.16. The smallest absolute Gasteiger partial charge is 0.0807 e. The summed E-state index contributed by atoms with van der Waals surface area (Å²) in [5, 5.41) is 0. The Hall–Kier alpha value is -0.160. The molecule has 4 nitrogen and oxygen atoms in total. The van der Waals surface area contributed by atoms with Crippen LogP contribution >= 0.6 is 0 Å². The Kier molecular flexibility index (Phi) is 5.01. The summed E-state index contributed by atoms with van der Waals surface area (Å²) < 4.78 is 6.16. The second-order valence-corrected chi connectivity index (χ2v) is 6.23. The van der Waals surface area contributed by atoms with E-state index in [4.69, 9.17) is 10.5 Å². The topological polar surface area (TPSA) is 41.7 Å². The lowest BCUT2D eigenvalue weighted by Crippen LogP contribution is -2.46. The molecule has 1 heterocycles. The first kappa shape index (κ1) is 14.3. The average molecular weight is 255 g/mol. The van der Waals surface area contributed by atoms with Crippen LogP contribution in [0.1, 0.15) is 26.2 Å². The molecule has 1 saturated carbocycles. The highest BCUT2D eigenvalue weighted by Gasteiger charge is 2.37. The molecule has 106 valence electrons. The zero-order valence-corrected chi connectivity index (χ0v) is 12.0. The second-order valence-electron chi connectivity index (χ2n) is 6.23. The van der Waals surface area contributed by atoms with Gasteiger partial charge in [0.05, 0.1) is 12.2 Å². The molecule has 2 fully saturated rings. The summed E-state index contributed by atoms with van der Waals surface area (Å²) >= 11 is 0. The number of likely N-dealkylation sites (N-methyl/N-ethyl adjacent to an activating group) is 1. The van der Waals surface area contributed by atoms with Gasteiger partial charge in [-0.25, -0.2) is 0 Å². The van der Waals surface area contributed by atoms with E-state index in [0.29, 0.717) is 6.54 Å². The van der Waals surface area contributed by atoms with Crippen LogP contribution in [0.25, 0.3) is 0 Å². The van der Waals surface area contributed by atoms with Crippen LogP contribution in [0.3, 0.4) is 0 Å². The average Bonchev–Trinajstić information content (AvgIpc) is 2.74. The molecule has 1 aliphatic carbocycles. The summed E-state index contributed by atoms with van der Waals surface area (Å²) in [6.45, 7) is 9.59. The van der Waals surface area contributed by atoms with Crippen LogP contribution < -0.4 is 5.73 Å². The molecule has 0 radical (unpaired) electrons. The first-order valence-corrected chi connectivity index (χ1v) is 7.38. The fraction of sp³-hybridized carbons (Fsp3) is 1.00. The van der Waals surface area contributed by atoms with E-state index in [1.54, 1.807) is 0 Å². The first-order chi connectivity index (χ1) is 8.63. The SMILES string of the molecule is CC1CCC(CN)(OCCN2CCN(C)CC2)C1. The molecule has 2 N–H and O–H groups in total. The molecule has 0 bridgehead atoms. The molecule has 0 aromatic rings. The van der Waals surface area contributed by atoms with Gasteiger partial charge in [-0.05, 0) is 32.2 Å². The summed E-state index contributed by atoms with van der Waals surface area (Å²) in [7, 11) is 2.19. The lowest BCUT2D eigenvalue weighted by atomic mass is 10.0. The Morgan fingerprint density at radius 2 is 2.00 bits per heavy atom.